The summed E-state index contributed by atoms with van der Waals surface area (Å²) in [5.74, 6) is 0.853. The van der Waals surface area contributed by atoms with Crippen molar-refractivity contribution in [3.63, 3.8) is 0 Å². The molecule has 1 unspecified atom stereocenters. The van der Waals surface area contributed by atoms with Crippen LogP contribution < -0.4 is 10.6 Å². The number of hydrogen-bond donors (Lipinski definition) is 3. The molecule has 1 heterocycles. The Morgan fingerprint density at radius 3 is 2.94 bits per heavy atom. The molecule has 0 spiro atoms. The van der Waals surface area contributed by atoms with Gasteiger partial charge in [0.25, 0.3) is 0 Å². The molecule has 1 rings (SSSR count). The molecule has 0 aromatic carbocycles. The van der Waals surface area contributed by atoms with E-state index in [1.807, 2.05) is 6.07 Å². The van der Waals surface area contributed by atoms with E-state index in [0.717, 1.165) is 24.6 Å². The van der Waals surface area contributed by atoms with Gasteiger partial charge < -0.3 is 10.6 Å². The minimum atomic E-state index is 0.430. The van der Waals surface area contributed by atoms with Crippen molar-refractivity contribution in [1.82, 2.24) is 20.8 Å². The lowest BCUT2D eigenvalue weighted by Gasteiger charge is -2.15. The molecule has 0 aliphatic rings. The molecule has 0 bridgehead atoms. The minimum absolute atomic E-state index is 0.430. The van der Waals surface area contributed by atoms with Crippen LogP contribution in [0.3, 0.4) is 0 Å². The Labute approximate surface area is 96.7 Å². The fourth-order valence-electron chi connectivity index (χ4n) is 1.19. The second-order valence-electron chi connectivity index (χ2n) is 3.73. The standard InChI is InChI=1S/C11H21N5/c1-4-9(3)15-11(12-5-2)13-8-10-6-7-14-16-10/h6-7,9H,4-5,8H2,1-3H3,(H,14,16)(H2,12,13,15). The fourth-order valence-corrected chi connectivity index (χ4v) is 1.19. The van der Waals surface area contributed by atoms with Crippen LogP contribution in [0.25, 0.3) is 0 Å². The number of rotatable bonds is 5. The van der Waals surface area contributed by atoms with E-state index in [-0.39, 0.29) is 0 Å². The highest BCUT2D eigenvalue weighted by Gasteiger charge is 2.02. The van der Waals surface area contributed by atoms with Gasteiger partial charge in [-0.15, -0.1) is 0 Å². The summed E-state index contributed by atoms with van der Waals surface area (Å²) < 4.78 is 0. The van der Waals surface area contributed by atoms with Crippen LogP contribution >= 0.6 is 0 Å². The van der Waals surface area contributed by atoms with E-state index in [4.69, 9.17) is 0 Å². The van der Waals surface area contributed by atoms with Gasteiger partial charge in [0.05, 0.1) is 12.2 Å². The van der Waals surface area contributed by atoms with Gasteiger partial charge in [-0.3, -0.25) is 5.10 Å². The van der Waals surface area contributed by atoms with Crippen molar-refractivity contribution in [1.29, 1.82) is 0 Å². The Morgan fingerprint density at radius 2 is 2.38 bits per heavy atom. The number of aromatic nitrogens is 2. The number of nitrogens with zero attached hydrogens (tertiary/aromatic N) is 2. The Bertz CT molecular complexity index is 304. The van der Waals surface area contributed by atoms with Crippen molar-refractivity contribution < 1.29 is 0 Å². The fraction of sp³-hybridized carbons (Fsp3) is 0.636. The van der Waals surface area contributed by atoms with Gasteiger partial charge >= 0.3 is 0 Å². The number of H-pyrrole nitrogens is 1. The molecule has 0 saturated carbocycles. The van der Waals surface area contributed by atoms with Crippen LogP contribution in [0.1, 0.15) is 32.9 Å². The van der Waals surface area contributed by atoms with Gasteiger partial charge in [0.2, 0.25) is 0 Å². The first-order valence-corrected chi connectivity index (χ1v) is 5.79. The van der Waals surface area contributed by atoms with Gasteiger partial charge in [0, 0.05) is 18.8 Å². The lowest BCUT2D eigenvalue weighted by atomic mass is 10.3. The number of hydrogen-bond acceptors (Lipinski definition) is 2. The molecule has 0 saturated heterocycles. The minimum Gasteiger partial charge on any atom is -0.357 e. The lowest BCUT2D eigenvalue weighted by molar-refractivity contribution is 0.624. The third-order valence-corrected chi connectivity index (χ3v) is 2.31. The van der Waals surface area contributed by atoms with Gasteiger partial charge in [0.15, 0.2) is 5.96 Å². The van der Waals surface area contributed by atoms with Crippen molar-refractivity contribution in [2.75, 3.05) is 6.54 Å². The van der Waals surface area contributed by atoms with Crippen molar-refractivity contribution in [2.45, 2.75) is 39.8 Å². The summed E-state index contributed by atoms with van der Waals surface area (Å²) in [5, 5.41) is 13.3. The molecule has 1 atom stereocenters. The van der Waals surface area contributed by atoms with Crippen molar-refractivity contribution >= 4 is 5.96 Å². The van der Waals surface area contributed by atoms with Crippen LogP contribution in [-0.2, 0) is 6.54 Å². The molecule has 90 valence electrons. The quantitative estimate of drug-likeness (QED) is 0.520. The summed E-state index contributed by atoms with van der Waals surface area (Å²) >= 11 is 0. The SMILES string of the molecule is CCNC(=NCc1ccn[nH]1)NC(C)CC. The molecule has 0 aliphatic carbocycles. The second kappa shape index (κ2) is 6.87. The Balaban J connectivity index is 2.51. The average Bonchev–Trinajstić information content (AvgIpc) is 2.79. The molecule has 5 nitrogen and oxygen atoms in total. The zero-order valence-corrected chi connectivity index (χ0v) is 10.2. The van der Waals surface area contributed by atoms with Gasteiger partial charge in [0.1, 0.15) is 0 Å². The topological polar surface area (TPSA) is 65.1 Å². The van der Waals surface area contributed by atoms with E-state index in [2.05, 4.69) is 46.6 Å². The van der Waals surface area contributed by atoms with Crippen LogP contribution in [0.2, 0.25) is 0 Å². The molecular weight excluding hydrogens is 202 g/mol. The highest BCUT2D eigenvalue weighted by atomic mass is 15.2. The maximum absolute atomic E-state index is 4.47. The summed E-state index contributed by atoms with van der Waals surface area (Å²) in [5.41, 5.74) is 1.02. The van der Waals surface area contributed by atoms with Crippen molar-refractivity contribution in [2.24, 2.45) is 4.99 Å². The largest absolute Gasteiger partial charge is 0.357 e. The van der Waals surface area contributed by atoms with Gasteiger partial charge in [-0.2, -0.15) is 5.10 Å². The lowest BCUT2D eigenvalue weighted by Crippen LogP contribution is -2.41. The molecule has 0 amide bonds. The predicted molar refractivity (Wildman–Crippen MR) is 66.3 cm³/mol. The zero-order valence-electron chi connectivity index (χ0n) is 10.2. The second-order valence-corrected chi connectivity index (χ2v) is 3.73. The van der Waals surface area contributed by atoms with Gasteiger partial charge in [-0.1, -0.05) is 6.92 Å². The van der Waals surface area contributed by atoms with E-state index >= 15 is 0 Å². The molecule has 1 aromatic heterocycles. The Kier molecular flexibility index (Phi) is 5.39. The third-order valence-electron chi connectivity index (χ3n) is 2.31. The van der Waals surface area contributed by atoms with Crippen LogP contribution in [0.4, 0.5) is 0 Å². The number of aromatic amines is 1. The predicted octanol–water partition coefficient (Wildman–Crippen LogP) is 1.26. The van der Waals surface area contributed by atoms with E-state index in [0.29, 0.717) is 12.6 Å². The maximum Gasteiger partial charge on any atom is 0.191 e. The van der Waals surface area contributed by atoms with E-state index in [1.54, 1.807) is 6.20 Å². The van der Waals surface area contributed by atoms with E-state index in [9.17, 15) is 0 Å². The first kappa shape index (κ1) is 12.5. The van der Waals surface area contributed by atoms with Gasteiger partial charge in [-0.25, -0.2) is 4.99 Å². The monoisotopic (exact) mass is 223 g/mol. The smallest absolute Gasteiger partial charge is 0.191 e. The van der Waals surface area contributed by atoms with E-state index in [1.165, 1.54) is 0 Å². The number of aliphatic imine (C=N–C) groups is 1. The first-order chi connectivity index (χ1) is 7.76. The van der Waals surface area contributed by atoms with Crippen LogP contribution in [-0.4, -0.2) is 28.7 Å². The first-order valence-electron chi connectivity index (χ1n) is 5.79. The summed E-state index contributed by atoms with van der Waals surface area (Å²) in [6, 6.07) is 2.36. The van der Waals surface area contributed by atoms with Crippen molar-refractivity contribution in [3.05, 3.63) is 18.0 Å². The molecule has 5 heteroatoms. The highest BCUT2D eigenvalue weighted by Crippen LogP contribution is 1.94. The molecule has 0 radical (unpaired) electrons. The summed E-state index contributed by atoms with van der Waals surface area (Å²) in [6.07, 6.45) is 2.81. The normalized spacial score (nSPS) is 13.6. The van der Waals surface area contributed by atoms with E-state index < -0.39 is 0 Å². The average molecular weight is 223 g/mol. The number of nitrogens with one attached hydrogen (secondary N) is 3. The Hall–Kier alpha value is -1.52. The van der Waals surface area contributed by atoms with Crippen LogP contribution in [0, 0.1) is 0 Å². The highest BCUT2D eigenvalue weighted by molar-refractivity contribution is 5.79. The molecular formula is C11H21N5. The summed E-state index contributed by atoms with van der Waals surface area (Å²) in [6.45, 7) is 7.83. The summed E-state index contributed by atoms with van der Waals surface area (Å²) in [7, 11) is 0. The molecule has 16 heavy (non-hydrogen) atoms. The molecule has 0 aliphatic heterocycles. The Morgan fingerprint density at radius 1 is 1.56 bits per heavy atom. The third kappa shape index (κ3) is 4.33. The molecule has 3 N–H and O–H groups in total. The van der Waals surface area contributed by atoms with Crippen LogP contribution in [0.5, 0.6) is 0 Å². The number of guanidine groups is 1. The zero-order chi connectivity index (χ0) is 11.8. The molecule has 1 aromatic rings. The van der Waals surface area contributed by atoms with Gasteiger partial charge in [-0.05, 0) is 26.3 Å². The van der Waals surface area contributed by atoms with Crippen molar-refractivity contribution in [3.8, 4) is 0 Å². The summed E-state index contributed by atoms with van der Waals surface area (Å²) in [4.78, 5) is 4.47. The molecule has 0 fully saturated rings. The van der Waals surface area contributed by atoms with Crippen LogP contribution in [0.15, 0.2) is 17.3 Å². The maximum atomic E-state index is 4.47.